The van der Waals surface area contributed by atoms with Crippen LogP contribution >= 0.6 is 0 Å². The number of carbonyl (C=O) groups is 4. The lowest BCUT2D eigenvalue weighted by Gasteiger charge is -2.29. The summed E-state index contributed by atoms with van der Waals surface area (Å²) in [5, 5.41) is 23.1. The molecule has 0 fully saturated rings. The van der Waals surface area contributed by atoms with Crippen molar-refractivity contribution in [1.82, 2.24) is 20.4 Å². The fourth-order valence-corrected chi connectivity index (χ4v) is 3.63. The lowest BCUT2D eigenvalue weighted by atomic mass is 9.82. The molecule has 0 spiro atoms. The van der Waals surface area contributed by atoms with Crippen molar-refractivity contribution >= 4 is 23.8 Å². The van der Waals surface area contributed by atoms with Crippen molar-refractivity contribution in [3.05, 3.63) is 48.1 Å². The first kappa shape index (κ1) is 25.7. The monoisotopic (exact) mass is 460 g/mol. The molecule has 10 heteroatoms. The maximum Gasteiger partial charge on any atom is 0.303 e. The molecule has 2 amide bonds. The standard InChI is InChI=1S/C23H32N4O6/c1-26-11-7-16(18(14-26)22(32)24-9-3-5-20(28)29)13-17-8-12-27(2)15-19(17)23(33)25-10-4-6-21(30)31/h7-8,11-12,14-17H,3-6,9-10,13H2,1-2H3,(H,24,32)(H,25,33)(H,28,29)(H,30,31). The Kier molecular flexibility index (Phi) is 9.71. The molecule has 2 unspecified atom stereocenters. The molecular formula is C23H32N4O6. The summed E-state index contributed by atoms with van der Waals surface area (Å²) in [6.07, 6.45) is 12.2. The quantitative estimate of drug-likeness (QED) is 0.319. The molecule has 0 aliphatic carbocycles. The van der Waals surface area contributed by atoms with Crippen LogP contribution in [-0.2, 0) is 19.2 Å². The number of hydrogen-bond acceptors (Lipinski definition) is 6. The first-order chi connectivity index (χ1) is 15.7. The van der Waals surface area contributed by atoms with E-state index in [0.717, 1.165) is 0 Å². The van der Waals surface area contributed by atoms with Crippen LogP contribution in [0, 0.1) is 11.8 Å². The summed E-state index contributed by atoms with van der Waals surface area (Å²) in [4.78, 5) is 50.5. The highest BCUT2D eigenvalue weighted by Crippen LogP contribution is 2.32. The number of nitrogens with zero attached hydrogens (tertiary/aromatic N) is 2. The average Bonchev–Trinajstić information content (AvgIpc) is 2.76. The molecule has 0 aromatic rings. The Balaban J connectivity index is 2.04. The maximum atomic E-state index is 12.8. The van der Waals surface area contributed by atoms with Crippen molar-refractivity contribution in [3.63, 3.8) is 0 Å². The number of carboxylic acids is 2. The van der Waals surface area contributed by atoms with Gasteiger partial charge in [-0.05, 0) is 31.7 Å². The SMILES string of the molecule is CN1C=CC(CC2C=CN(C)C=C2C(=O)NCCCC(=O)O)C(C(=O)NCCCC(=O)O)=C1. The summed E-state index contributed by atoms with van der Waals surface area (Å²) < 4.78 is 0. The zero-order valence-electron chi connectivity index (χ0n) is 19.0. The Bertz CT molecular complexity index is 806. The molecule has 33 heavy (non-hydrogen) atoms. The van der Waals surface area contributed by atoms with E-state index >= 15 is 0 Å². The molecule has 2 aliphatic rings. The molecule has 0 aromatic heterocycles. The van der Waals surface area contributed by atoms with E-state index in [4.69, 9.17) is 10.2 Å². The van der Waals surface area contributed by atoms with Gasteiger partial charge in [0, 0.05) is 75.4 Å². The second kappa shape index (κ2) is 12.5. The fraction of sp³-hybridized carbons (Fsp3) is 0.478. The molecule has 0 bridgehead atoms. The van der Waals surface area contributed by atoms with Crippen LogP contribution in [-0.4, -0.2) is 71.0 Å². The molecule has 2 aliphatic heterocycles. The van der Waals surface area contributed by atoms with E-state index in [0.29, 0.717) is 30.4 Å². The third-order valence-electron chi connectivity index (χ3n) is 5.33. The van der Waals surface area contributed by atoms with Crippen LogP contribution < -0.4 is 10.6 Å². The molecule has 0 radical (unpaired) electrons. The van der Waals surface area contributed by atoms with Gasteiger partial charge in [0.25, 0.3) is 0 Å². The predicted octanol–water partition coefficient (Wildman–Crippen LogP) is 1.26. The summed E-state index contributed by atoms with van der Waals surface area (Å²) >= 11 is 0. The van der Waals surface area contributed by atoms with Gasteiger partial charge >= 0.3 is 11.9 Å². The number of allylic oxidation sites excluding steroid dienone is 2. The van der Waals surface area contributed by atoms with Crippen molar-refractivity contribution in [2.24, 2.45) is 11.8 Å². The lowest BCUT2D eigenvalue weighted by Crippen LogP contribution is -2.34. The van der Waals surface area contributed by atoms with Crippen LogP contribution in [0.4, 0.5) is 0 Å². The molecule has 10 nitrogen and oxygen atoms in total. The van der Waals surface area contributed by atoms with Crippen molar-refractivity contribution in [3.8, 4) is 0 Å². The summed E-state index contributed by atoms with van der Waals surface area (Å²) in [6.45, 7) is 0.529. The number of aliphatic carboxylic acids is 2. The molecule has 180 valence electrons. The second-order valence-electron chi connectivity index (χ2n) is 8.14. The number of amides is 2. The molecule has 4 N–H and O–H groups in total. The average molecular weight is 461 g/mol. The highest BCUT2D eigenvalue weighted by molar-refractivity contribution is 5.95. The summed E-state index contributed by atoms with van der Waals surface area (Å²) in [5.41, 5.74) is 1.09. The normalized spacial score (nSPS) is 19.6. The third-order valence-corrected chi connectivity index (χ3v) is 5.33. The van der Waals surface area contributed by atoms with E-state index in [2.05, 4.69) is 10.6 Å². The third kappa shape index (κ3) is 8.47. The molecule has 2 heterocycles. The topological polar surface area (TPSA) is 139 Å². The molecule has 2 rings (SSSR count). The van der Waals surface area contributed by atoms with Crippen molar-refractivity contribution < 1.29 is 29.4 Å². The van der Waals surface area contributed by atoms with E-state index in [1.807, 2.05) is 38.6 Å². The van der Waals surface area contributed by atoms with Crippen molar-refractivity contribution in [2.75, 3.05) is 27.2 Å². The van der Waals surface area contributed by atoms with Gasteiger partial charge in [-0.3, -0.25) is 19.2 Å². The Morgan fingerprint density at radius 1 is 0.788 bits per heavy atom. The van der Waals surface area contributed by atoms with Gasteiger partial charge in [-0.1, -0.05) is 12.2 Å². The molecular weight excluding hydrogens is 428 g/mol. The summed E-state index contributed by atoms with van der Waals surface area (Å²) in [5.74, 6) is -2.80. The largest absolute Gasteiger partial charge is 0.481 e. The van der Waals surface area contributed by atoms with E-state index < -0.39 is 11.9 Å². The Morgan fingerprint density at radius 2 is 1.18 bits per heavy atom. The fourth-order valence-electron chi connectivity index (χ4n) is 3.63. The van der Waals surface area contributed by atoms with Crippen LogP contribution in [0.3, 0.4) is 0 Å². The van der Waals surface area contributed by atoms with Gasteiger partial charge in [0.15, 0.2) is 0 Å². The van der Waals surface area contributed by atoms with Gasteiger partial charge in [0.2, 0.25) is 11.8 Å². The predicted molar refractivity (Wildman–Crippen MR) is 121 cm³/mol. The number of nitrogens with one attached hydrogen (secondary N) is 2. The number of rotatable bonds is 12. The van der Waals surface area contributed by atoms with E-state index in [-0.39, 0.29) is 49.6 Å². The highest BCUT2D eigenvalue weighted by Gasteiger charge is 2.29. The zero-order valence-corrected chi connectivity index (χ0v) is 19.0. The Hall–Kier alpha value is -3.56. The number of carbonyl (C=O) groups excluding carboxylic acids is 2. The van der Waals surface area contributed by atoms with E-state index in [1.54, 1.807) is 22.2 Å². The Labute approximate surface area is 193 Å². The maximum absolute atomic E-state index is 12.8. The van der Waals surface area contributed by atoms with Crippen LogP contribution in [0.5, 0.6) is 0 Å². The minimum Gasteiger partial charge on any atom is -0.481 e. The minimum absolute atomic E-state index is 0.0152. The molecule has 0 saturated heterocycles. The second-order valence-corrected chi connectivity index (χ2v) is 8.14. The molecule has 0 saturated carbocycles. The highest BCUT2D eigenvalue weighted by atomic mass is 16.4. The van der Waals surface area contributed by atoms with Crippen LogP contribution in [0.15, 0.2) is 48.1 Å². The van der Waals surface area contributed by atoms with Gasteiger partial charge in [-0.25, -0.2) is 0 Å². The smallest absolute Gasteiger partial charge is 0.303 e. The van der Waals surface area contributed by atoms with Crippen molar-refractivity contribution in [2.45, 2.75) is 32.1 Å². The van der Waals surface area contributed by atoms with Crippen LogP contribution in [0.1, 0.15) is 32.1 Å². The first-order valence-corrected chi connectivity index (χ1v) is 10.9. The van der Waals surface area contributed by atoms with Crippen LogP contribution in [0.25, 0.3) is 0 Å². The number of hydrogen-bond donors (Lipinski definition) is 4. The summed E-state index contributed by atoms with van der Waals surface area (Å²) in [7, 11) is 3.63. The van der Waals surface area contributed by atoms with Crippen molar-refractivity contribution in [1.29, 1.82) is 0 Å². The van der Waals surface area contributed by atoms with E-state index in [1.165, 1.54) is 0 Å². The first-order valence-electron chi connectivity index (χ1n) is 10.9. The van der Waals surface area contributed by atoms with Gasteiger partial charge in [-0.2, -0.15) is 0 Å². The minimum atomic E-state index is -0.906. The van der Waals surface area contributed by atoms with Gasteiger partial charge < -0.3 is 30.6 Å². The zero-order chi connectivity index (χ0) is 24.4. The molecule has 2 atom stereocenters. The summed E-state index contributed by atoms with van der Waals surface area (Å²) in [6, 6.07) is 0. The van der Waals surface area contributed by atoms with Gasteiger partial charge in [-0.15, -0.1) is 0 Å². The number of carboxylic acid groups (broad SMARTS) is 2. The van der Waals surface area contributed by atoms with E-state index in [9.17, 15) is 19.2 Å². The van der Waals surface area contributed by atoms with Crippen LogP contribution in [0.2, 0.25) is 0 Å². The Morgan fingerprint density at radius 3 is 1.55 bits per heavy atom. The van der Waals surface area contributed by atoms with Gasteiger partial charge in [0.05, 0.1) is 0 Å². The molecule has 0 aromatic carbocycles. The van der Waals surface area contributed by atoms with Gasteiger partial charge in [0.1, 0.15) is 0 Å². The lowest BCUT2D eigenvalue weighted by molar-refractivity contribution is -0.138.